The summed E-state index contributed by atoms with van der Waals surface area (Å²) < 4.78 is 31.0. The van der Waals surface area contributed by atoms with Crippen LogP contribution in [0, 0.1) is 0 Å². The van der Waals surface area contributed by atoms with Crippen LogP contribution in [0.3, 0.4) is 0 Å². The van der Waals surface area contributed by atoms with E-state index in [0.717, 1.165) is 4.31 Å². The Bertz CT molecular complexity index is 581. The molecule has 0 fully saturated rings. The van der Waals surface area contributed by atoms with Crippen LogP contribution >= 0.6 is 0 Å². The summed E-state index contributed by atoms with van der Waals surface area (Å²) in [5.74, 6) is 0.203. The number of rotatable bonds is 8. The molecule has 1 N–H and O–H groups in total. The predicted octanol–water partition coefficient (Wildman–Crippen LogP) is 1.01. The Labute approximate surface area is 125 Å². The summed E-state index contributed by atoms with van der Waals surface area (Å²) in [6, 6.07) is 6.05. The van der Waals surface area contributed by atoms with Crippen LogP contribution in [0.25, 0.3) is 0 Å². The second kappa shape index (κ2) is 7.80. The van der Waals surface area contributed by atoms with E-state index in [2.05, 4.69) is 11.9 Å². The van der Waals surface area contributed by atoms with E-state index in [1.165, 1.54) is 25.3 Å². The van der Waals surface area contributed by atoms with Crippen molar-refractivity contribution in [1.82, 2.24) is 9.62 Å². The third-order valence-electron chi connectivity index (χ3n) is 2.81. The molecule has 1 amide bonds. The highest BCUT2D eigenvalue weighted by atomic mass is 32.2. The number of methoxy groups -OCH3 is 1. The van der Waals surface area contributed by atoms with E-state index < -0.39 is 10.0 Å². The number of likely N-dealkylation sites (N-methyl/N-ethyl adjacent to an activating group) is 1. The van der Waals surface area contributed by atoms with Gasteiger partial charge in [0.05, 0.1) is 18.6 Å². The third-order valence-corrected chi connectivity index (χ3v) is 4.75. The lowest BCUT2D eigenvalue weighted by atomic mass is 10.3. The van der Waals surface area contributed by atoms with Crippen molar-refractivity contribution in [2.24, 2.45) is 0 Å². The number of sulfonamides is 1. The molecule has 0 aliphatic rings. The van der Waals surface area contributed by atoms with E-state index in [9.17, 15) is 13.2 Å². The largest absolute Gasteiger partial charge is 0.497 e. The second-order valence-corrected chi connectivity index (χ2v) is 6.14. The third kappa shape index (κ3) is 4.57. The van der Waals surface area contributed by atoms with Crippen LogP contribution in [0.15, 0.2) is 41.8 Å². The average Bonchev–Trinajstić information content (AvgIpc) is 2.50. The number of nitrogens with one attached hydrogen (secondary N) is 1. The van der Waals surface area contributed by atoms with E-state index in [1.54, 1.807) is 19.1 Å². The normalized spacial score (nSPS) is 11.2. The van der Waals surface area contributed by atoms with Crippen molar-refractivity contribution < 1.29 is 17.9 Å². The van der Waals surface area contributed by atoms with Crippen molar-refractivity contribution in [2.75, 3.05) is 26.7 Å². The van der Waals surface area contributed by atoms with Gasteiger partial charge < -0.3 is 10.1 Å². The van der Waals surface area contributed by atoms with Gasteiger partial charge in [0.2, 0.25) is 15.9 Å². The Morgan fingerprint density at radius 3 is 2.48 bits per heavy atom. The molecular formula is C14H20N2O4S. The second-order valence-electron chi connectivity index (χ2n) is 4.20. The molecule has 0 saturated carbocycles. The zero-order valence-electron chi connectivity index (χ0n) is 12.2. The molecule has 0 heterocycles. The number of carbonyl (C=O) groups excluding carboxylic acids is 1. The molecule has 0 bridgehead atoms. The van der Waals surface area contributed by atoms with E-state index in [4.69, 9.17) is 4.74 Å². The molecule has 0 saturated heterocycles. The first-order valence-electron chi connectivity index (χ1n) is 6.47. The molecule has 1 rings (SSSR count). The summed E-state index contributed by atoms with van der Waals surface area (Å²) in [6.07, 6.45) is 1.53. The Morgan fingerprint density at radius 1 is 1.38 bits per heavy atom. The lowest BCUT2D eigenvalue weighted by Gasteiger charge is -2.20. The van der Waals surface area contributed by atoms with Gasteiger partial charge in [-0.2, -0.15) is 4.31 Å². The number of nitrogens with zero attached hydrogens (tertiary/aromatic N) is 1. The number of hydrogen-bond acceptors (Lipinski definition) is 4. The number of amides is 1. The summed E-state index contributed by atoms with van der Waals surface area (Å²) in [4.78, 5) is 11.8. The molecule has 0 aliphatic carbocycles. The quantitative estimate of drug-likeness (QED) is 0.727. The smallest absolute Gasteiger partial charge is 0.243 e. The van der Waals surface area contributed by atoms with Gasteiger partial charge in [-0.25, -0.2) is 8.42 Å². The average molecular weight is 312 g/mol. The van der Waals surface area contributed by atoms with Crippen LogP contribution in [0.1, 0.15) is 6.92 Å². The molecule has 0 aromatic heterocycles. The number of ether oxygens (including phenoxy) is 1. The first kappa shape index (κ1) is 17.2. The number of benzene rings is 1. The lowest BCUT2D eigenvalue weighted by Crippen LogP contribution is -2.40. The van der Waals surface area contributed by atoms with Crippen LogP contribution in [-0.4, -0.2) is 45.4 Å². The summed E-state index contributed by atoms with van der Waals surface area (Å²) in [6.45, 7) is 5.45. The molecule has 6 nitrogen and oxygen atoms in total. The van der Waals surface area contributed by atoms with Crippen molar-refractivity contribution >= 4 is 15.9 Å². The first-order valence-corrected chi connectivity index (χ1v) is 7.91. The molecule has 0 atom stereocenters. The summed E-state index contributed by atoms with van der Waals surface area (Å²) >= 11 is 0. The zero-order chi connectivity index (χ0) is 15.9. The summed E-state index contributed by atoms with van der Waals surface area (Å²) in [5, 5.41) is 2.56. The molecule has 21 heavy (non-hydrogen) atoms. The highest BCUT2D eigenvalue weighted by Crippen LogP contribution is 2.19. The molecule has 7 heteroatoms. The van der Waals surface area contributed by atoms with E-state index in [0.29, 0.717) is 12.3 Å². The minimum Gasteiger partial charge on any atom is -0.497 e. The molecule has 0 aliphatic heterocycles. The minimum absolute atomic E-state index is 0.127. The van der Waals surface area contributed by atoms with Gasteiger partial charge in [-0.15, -0.1) is 6.58 Å². The zero-order valence-corrected chi connectivity index (χ0v) is 13.0. The van der Waals surface area contributed by atoms with Crippen molar-refractivity contribution in [2.45, 2.75) is 11.8 Å². The molecule has 0 radical (unpaired) electrons. The van der Waals surface area contributed by atoms with Gasteiger partial charge in [0.15, 0.2) is 0 Å². The van der Waals surface area contributed by atoms with Crippen LogP contribution in [0.2, 0.25) is 0 Å². The van der Waals surface area contributed by atoms with Gasteiger partial charge in [-0.3, -0.25) is 4.79 Å². The highest BCUT2D eigenvalue weighted by Gasteiger charge is 2.25. The molecule has 0 spiro atoms. The van der Waals surface area contributed by atoms with Gasteiger partial charge in [0.25, 0.3) is 0 Å². The van der Waals surface area contributed by atoms with Crippen LogP contribution in [0.4, 0.5) is 0 Å². The monoisotopic (exact) mass is 312 g/mol. The first-order chi connectivity index (χ1) is 9.95. The molecule has 0 unspecified atom stereocenters. The van der Waals surface area contributed by atoms with Crippen LogP contribution in [0.5, 0.6) is 5.75 Å². The SMILES string of the molecule is C=CCNC(=O)CN(CC)S(=O)(=O)c1ccc(OC)cc1. The fourth-order valence-corrected chi connectivity index (χ4v) is 3.07. The van der Waals surface area contributed by atoms with Crippen molar-refractivity contribution in [3.8, 4) is 5.75 Å². The number of carbonyl (C=O) groups is 1. The Kier molecular flexibility index (Phi) is 6.39. The molecule has 1 aromatic rings. The Balaban J connectivity index is 2.90. The van der Waals surface area contributed by atoms with Gasteiger partial charge in [0, 0.05) is 13.1 Å². The van der Waals surface area contributed by atoms with Crippen molar-refractivity contribution in [1.29, 1.82) is 0 Å². The van der Waals surface area contributed by atoms with E-state index in [-0.39, 0.29) is 23.9 Å². The Morgan fingerprint density at radius 2 is 2.00 bits per heavy atom. The van der Waals surface area contributed by atoms with E-state index >= 15 is 0 Å². The maximum atomic E-state index is 12.5. The minimum atomic E-state index is -3.71. The van der Waals surface area contributed by atoms with Gasteiger partial charge >= 0.3 is 0 Å². The van der Waals surface area contributed by atoms with Crippen molar-refractivity contribution in [3.63, 3.8) is 0 Å². The van der Waals surface area contributed by atoms with Crippen LogP contribution in [-0.2, 0) is 14.8 Å². The molecule has 1 aromatic carbocycles. The predicted molar refractivity (Wildman–Crippen MR) is 80.6 cm³/mol. The summed E-state index contributed by atoms with van der Waals surface area (Å²) in [5.41, 5.74) is 0. The van der Waals surface area contributed by atoms with E-state index in [1.807, 2.05) is 0 Å². The number of hydrogen-bond donors (Lipinski definition) is 1. The van der Waals surface area contributed by atoms with Gasteiger partial charge in [0.1, 0.15) is 5.75 Å². The highest BCUT2D eigenvalue weighted by molar-refractivity contribution is 7.89. The fourth-order valence-electron chi connectivity index (χ4n) is 1.67. The van der Waals surface area contributed by atoms with Gasteiger partial charge in [-0.1, -0.05) is 13.0 Å². The summed E-state index contributed by atoms with van der Waals surface area (Å²) in [7, 11) is -2.20. The molecule has 116 valence electrons. The lowest BCUT2D eigenvalue weighted by molar-refractivity contribution is -0.121. The van der Waals surface area contributed by atoms with Crippen LogP contribution < -0.4 is 10.1 Å². The maximum Gasteiger partial charge on any atom is 0.243 e. The standard InChI is InChI=1S/C14H20N2O4S/c1-4-10-15-14(17)11-16(5-2)21(18,19)13-8-6-12(20-3)7-9-13/h4,6-9H,1,5,10-11H2,2-3H3,(H,15,17). The maximum absolute atomic E-state index is 12.5. The van der Waals surface area contributed by atoms with Gasteiger partial charge in [-0.05, 0) is 24.3 Å². The topological polar surface area (TPSA) is 75.7 Å². The molecular weight excluding hydrogens is 292 g/mol. The van der Waals surface area contributed by atoms with Crippen molar-refractivity contribution in [3.05, 3.63) is 36.9 Å². The Hall–Kier alpha value is -1.86. The fraction of sp³-hybridized carbons (Fsp3) is 0.357.